The summed E-state index contributed by atoms with van der Waals surface area (Å²) in [4.78, 5) is 3.46. The highest BCUT2D eigenvalue weighted by atomic mass is 127. The van der Waals surface area contributed by atoms with Crippen LogP contribution in [0.25, 0.3) is 0 Å². The van der Waals surface area contributed by atoms with E-state index < -0.39 is 11.7 Å². The van der Waals surface area contributed by atoms with Crippen LogP contribution in [-0.4, -0.2) is 4.98 Å². The molecule has 1 heterocycles. The van der Waals surface area contributed by atoms with Crippen LogP contribution in [0.15, 0.2) is 12.3 Å². The first-order valence-corrected chi connectivity index (χ1v) is 4.16. The fraction of sp³-hybridized carbons (Fsp3) is 0.143. The van der Waals surface area contributed by atoms with Gasteiger partial charge in [-0.15, -0.1) is 0 Å². The molecule has 1 aromatic heterocycles. The summed E-state index contributed by atoms with van der Waals surface area (Å²) in [6.45, 7) is 0. The van der Waals surface area contributed by atoms with E-state index in [1.54, 1.807) is 6.07 Å². The zero-order chi connectivity index (χ0) is 10.1. The van der Waals surface area contributed by atoms with E-state index in [0.717, 1.165) is 12.3 Å². The molecule has 1 aromatic rings. The van der Waals surface area contributed by atoms with E-state index in [2.05, 4.69) is 4.98 Å². The normalized spacial score (nSPS) is 11.0. The zero-order valence-electron chi connectivity index (χ0n) is 6.06. The summed E-state index contributed by atoms with van der Waals surface area (Å²) in [5.74, 6) is 0. The number of alkyl halides is 3. The number of rotatable bonds is 0. The second-order valence-electron chi connectivity index (χ2n) is 2.17. The number of halogens is 4. The molecule has 0 radical (unpaired) electrons. The largest absolute Gasteiger partial charge is 0.418 e. The molecular weight excluding hydrogens is 296 g/mol. The summed E-state index contributed by atoms with van der Waals surface area (Å²) in [7, 11) is 0. The maximum Gasteiger partial charge on any atom is 0.418 e. The topological polar surface area (TPSA) is 36.7 Å². The second kappa shape index (κ2) is 3.49. The first-order chi connectivity index (χ1) is 5.95. The average Bonchev–Trinajstić information content (AvgIpc) is 2.03. The van der Waals surface area contributed by atoms with Crippen LogP contribution in [0.2, 0.25) is 0 Å². The van der Waals surface area contributed by atoms with Crippen molar-refractivity contribution in [2.45, 2.75) is 6.18 Å². The van der Waals surface area contributed by atoms with Gasteiger partial charge in [0.2, 0.25) is 0 Å². The van der Waals surface area contributed by atoms with E-state index in [4.69, 9.17) is 5.26 Å². The highest BCUT2D eigenvalue weighted by Crippen LogP contribution is 2.32. The first-order valence-electron chi connectivity index (χ1n) is 3.08. The lowest BCUT2D eigenvalue weighted by Gasteiger charge is -2.07. The van der Waals surface area contributed by atoms with Gasteiger partial charge in [-0.3, -0.25) is 0 Å². The highest BCUT2D eigenvalue weighted by Gasteiger charge is 2.33. The van der Waals surface area contributed by atoms with E-state index in [1.165, 1.54) is 22.6 Å². The Morgan fingerprint density at radius 2 is 2.08 bits per heavy atom. The van der Waals surface area contributed by atoms with Gasteiger partial charge in [-0.1, -0.05) is 0 Å². The lowest BCUT2D eigenvalue weighted by molar-refractivity contribution is -0.138. The van der Waals surface area contributed by atoms with E-state index in [-0.39, 0.29) is 9.26 Å². The number of aromatic nitrogens is 1. The van der Waals surface area contributed by atoms with Gasteiger partial charge in [0.1, 0.15) is 9.77 Å². The van der Waals surface area contributed by atoms with Crippen LogP contribution in [0.5, 0.6) is 0 Å². The van der Waals surface area contributed by atoms with Gasteiger partial charge in [0.25, 0.3) is 0 Å². The Balaban J connectivity index is 3.29. The third-order valence-electron chi connectivity index (χ3n) is 1.27. The number of nitriles is 1. The zero-order valence-corrected chi connectivity index (χ0v) is 8.22. The van der Waals surface area contributed by atoms with Crippen molar-refractivity contribution >= 4 is 22.6 Å². The van der Waals surface area contributed by atoms with Gasteiger partial charge in [0, 0.05) is 6.20 Å². The first kappa shape index (κ1) is 10.2. The molecule has 0 atom stereocenters. The van der Waals surface area contributed by atoms with Crippen LogP contribution in [0.3, 0.4) is 0 Å². The van der Waals surface area contributed by atoms with Crippen molar-refractivity contribution in [1.29, 1.82) is 5.26 Å². The molecule has 0 aliphatic carbocycles. The van der Waals surface area contributed by atoms with Crippen molar-refractivity contribution in [2.75, 3.05) is 0 Å². The molecule has 0 aliphatic rings. The van der Waals surface area contributed by atoms with E-state index in [9.17, 15) is 13.2 Å². The van der Waals surface area contributed by atoms with E-state index >= 15 is 0 Å². The third-order valence-corrected chi connectivity index (χ3v) is 2.13. The van der Waals surface area contributed by atoms with Crippen molar-refractivity contribution in [3.8, 4) is 6.07 Å². The van der Waals surface area contributed by atoms with Gasteiger partial charge in [0.15, 0.2) is 0 Å². The van der Waals surface area contributed by atoms with Crippen molar-refractivity contribution < 1.29 is 13.2 Å². The Morgan fingerprint density at radius 1 is 1.46 bits per heavy atom. The van der Waals surface area contributed by atoms with Gasteiger partial charge >= 0.3 is 6.18 Å². The third kappa shape index (κ3) is 2.30. The second-order valence-corrected chi connectivity index (χ2v) is 3.19. The molecule has 0 unspecified atom stereocenters. The Bertz CT molecular complexity index is 367. The molecular formula is C7H2F3IN2. The molecule has 1 rings (SSSR count). The van der Waals surface area contributed by atoms with Crippen molar-refractivity contribution in [2.24, 2.45) is 0 Å². The van der Waals surface area contributed by atoms with E-state index in [1.807, 2.05) is 0 Å². The van der Waals surface area contributed by atoms with Gasteiger partial charge in [-0.05, 0) is 28.7 Å². The lowest BCUT2D eigenvalue weighted by Crippen LogP contribution is -2.09. The number of nitrogens with zero attached hydrogens (tertiary/aromatic N) is 2. The quantitative estimate of drug-likeness (QED) is 0.545. The number of pyridine rings is 1. The monoisotopic (exact) mass is 298 g/mol. The standard InChI is InChI=1S/C7H2F3IN2/c8-7(9,10)5-1-4(2-12)3-13-6(5)11/h1,3H. The average molecular weight is 298 g/mol. The molecule has 0 spiro atoms. The molecule has 0 saturated heterocycles. The van der Waals surface area contributed by atoms with Crippen LogP contribution >= 0.6 is 22.6 Å². The molecule has 0 aromatic carbocycles. The van der Waals surface area contributed by atoms with E-state index in [0.29, 0.717) is 0 Å². The number of hydrogen-bond acceptors (Lipinski definition) is 2. The SMILES string of the molecule is N#Cc1cnc(I)c(C(F)(F)F)c1. The van der Waals surface area contributed by atoms with Crippen molar-refractivity contribution in [3.05, 3.63) is 27.1 Å². The minimum absolute atomic E-state index is 0.0901. The van der Waals surface area contributed by atoms with Crippen LogP contribution in [0.4, 0.5) is 13.2 Å². The van der Waals surface area contributed by atoms with Gasteiger partial charge in [0.05, 0.1) is 11.1 Å². The molecule has 68 valence electrons. The minimum Gasteiger partial charge on any atom is -0.248 e. The molecule has 0 aliphatic heterocycles. The van der Waals surface area contributed by atoms with Crippen LogP contribution < -0.4 is 0 Å². The van der Waals surface area contributed by atoms with Gasteiger partial charge < -0.3 is 0 Å². The summed E-state index contributed by atoms with van der Waals surface area (Å²) in [5.41, 5.74) is -0.958. The molecule has 6 heteroatoms. The van der Waals surface area contributed by atoms with Crippen molar-refractivity contribution in [3.63, 3.8) is 0 Å². The molecule has 13 heavy (non-hydrogen) atoms. The Labute approximate surface area is 85.5 Å². The smallest absolute Gasteiger partial charge is 0.248 e. The van der Waals surface area contributed by atoms with Gasteiger partial charge in [-0.2, -0.15) is 18.4 Å². The maximum atomic E-state index is 12.2. The Kier molecular flexibility index (Phi) is 2.75. The fourth-order valence-corrected chi connectivity index (χ4v) is 1.31. The molecule has 0 bridgehead atoms. The fourth-order valence-electron chi connectivity index (χ4n) is 0.708. The predicted octanol–water partition coefficient (Wildman–Crippen LogP) is 2.58. The van der Waals surface area contributed by atoms with Crippen LogP contribution in [0, 0.1) is 15.0 Å². The summed E-state index contributed by atoms with van der Waals surface area (Å²) < 4.78 is 36.5. The summed E-state index contributed by atoms with van der Waals surface area (Å²) >= 11 is 1.48. The lowest BCUT2D eigenvalue weighted by atomic mass is 10.2. The summed E-state index contributed by atoms with van der Waals surface area (Å²) in [6.07, 6.45) is -3.34. The van der Waals surface area contributed by atoms with Crippen LogP contribution in [-0.2, 0) is 6.18 Å². The molecule has 2 nitrogen and oxygen atoms in total. The Hall–Kier alpha value is -0.840. The van der Waals surface area contributed by atoms with Crippen molar-refractivity contribution in [1.82, 2.24) is 4.98 Å². The molecule has 0 N–H and O–H groups in total. The minimum atomic E-state index is -4.45. The number of hydrogen-bond donors (Lipinski definition) is 0. The highest BCUT2D eigenvalue weighted by molar-refractivity contribution is 14.1. The summed E-state index contributed by atoms with van der Waals surface area (Å²) in [6, 6.07) is 2.39. The summed E-state index contributed by atoms with van der Waals surface area (Å²) in [5, 5.41) is 8.36. The van der Waals surface area contributed by atoms with Gasteiger partial charge in [-0.25, -0.2) is 4.98 Å². The molecule has 0 amide bonds. The Morgan fingerprint density at radius 3 is 2.54 bits per heavy atom. The molecule has 0 fully saturated rings. The maximum absolute atomic E-state index is 12.2. The predicted molar refractivity (Wildman–Crippen MR) is 46.7 cm³/mol. The molecule has 0 saturated carbocycles. The van der Waals surface area contributed by atoms with Crippen LogP contribution in [0.1, 0.15) is 11.1 Å².